The van der Waals surface area contributed by atoms with Crippen molar-refractivity contribution in [2.24, 2.45) is 11.8 Å². The number of carbonyl (C=O) groups excluding carboxylic acids is 2. The summed E-state index contributed by atoms with van der Waals surface area (Å²) in [7, 11) is 0. The second-order valence-corrected chi connectivity index (χ2v) is 9.40. The number of fused-ring (bicyclic) bond motifs is 1. The molecule has 1 N–H and O–H groups in total. The second kappa shape index (κ2) is 8.60. The Morgan fingerprint density at radius 2 is 1.72 bits per heavy atom. The first-order valence-electron chi connectivity index (χ1n) is 11.7. The van der Waals surface area contributed by atoms with E-state index in [-0.39, 0.29) is 28.9 Å². The fourth-order valence-electron chi connectivity index (χ4n) is 5.15. The van der Waals surface area contributed by atoms with Crippen LogP contribution < -0.4 is 5.56 Å². The van der Waals surface area contributed by atoms with Gasteiger partial charge in [-0.3, -0.25) is 14.4 Å². The third kappa shape index (κ3) is 4.12. The number of nitrogens with zero attached hydrogens (tertiary/aromatic N) is 2. The SMILES string of the molecule is O=C(C1CC1)C1CCN(C(=O)c2cc(Cc3n[nH]c(=O)c4c3CCCC4)ccc2F)CC1. The van der Waals surface area contributed by atoms with Gasteiger partial charge < -0.3 is 4.90 Å². The zero-order chi connectivity index (χ0) is 22.2. The van der Waals surface area contributed by atoms with Gasteiger partial charge in [-0.05, 0) is 74.6 Å². The van der Waals surface area contributed by atoms with Gasteiger partial charge >= 0.3 is 0 Å². The number of hydrogen-bond donors (Lipinski definition) is 1. The van der Waals surface area contributed by atoms with E-state index in [0.717, 1.165) is 60.9 Å². The van der Waals surface area contributed by atoms with Crippen LogP contribution in [0, 0.1) is 17.7 Å². The number of aromatic amines is 1. The molecule has 0 spiro atoms. The van der Waals surface area contributed by atoms with Crippen molar-refractivity contribution in [3.63, 3.8) is 0 Å². The molecule has 6 nitrogen and oxygen atoms in total. The van der Waals surface area contributed by atoms with E-state index in [4.69, 9.17) is 0 Å². The smallest absolute Gasteiger partial charge is 0.267 e. The molecule has 2 aliphatic carbocycles. The Labute approximate surface area is 186 Å². The topological polar surface area (TPSA) is 83.1 Å². The van der Waals surface area contributed by atoms with Crippen molar-refractivity contribution in [2.75, 3.05) is 13.1 Å². The van der Waals surface area contributed by atoms with Gasteiger partial charge in [-0.15, -0.1) is 0 Å². The van der Waals surface area contributed by atoms with E-state index in [1.807, 2.05) is 0 Å². The van der Waals surface area contributed by atoms with Crippen molar-refractivity contribution in [2.45, 2.75) is 57.8 Å². The first-order chi connectivity index (χ1) is 15.5. The molecule has 2 heterocycles. The fourth-order valence-corrected chi connectivity index (χ4v) is 5.15. The van der Waals surface area contributed by atoms with Gasteiger partial charge in [0, 0.05) is 36.9 Å². The minimum absolute atomic E-state index is 0.0419. The van der Waals surface area contributed by atoms with Crippen LogP contribution in [0.3, 0.4) is 0 Å². The number of piperidine rings is 1. The number of benzene rings is 1. The first kappa shape index (κ1) is 21.0. The Kier molecular flexibility index (Phi) is 5.66. The predicted molar refractivity (Wildman–Crippen MR) is 117 cm³/mol. The molecular weight excluding hydrogens is 409 g/mol. The van der Waals surface area contributed by atoms with Gasteiger partial charge in [-0.2, -0.15) is 5.10 Å². The van der Waals surface area contributed by atoms with Crippen LogP contribution >= 0.6 is 0 Å². The molecule has 2 fully saturated rings. The highest BCUT2D eigenvalue weighted by atomic mass is 19.1. The molecule has 3 aliphatic rings. The summed E-state index contributed by atoms with van der Waals surface area (Å²) in [6.45, 7) is 0.973. The molecule has 32 heavy (non-hydrogen) atoms. The third-order valence-corrected chi connectivity index (χ3v) is 7.18. The zero-order valence-corrected chi connectivity index (χ0v) is 18.2. The Hall–Kier alpha value is -2.83. The standard InChI is InChI=1S/C25H28FN3O3/c26-21-8-5-15(14-22-18-3-1-2-4-19(18)24(31)28-27-22)13-20(21)25(32)29-11-9-17(10-12-29)23(30)16-6-7-16/h5,8,13,16-17H,1-4,6-7,9-12,14H2,(H,28,31). The van der Waals surface area contributed by atoms with Crippen LogP contribution in [0.4, 0.5) is 4.39 Å². The molecule has 5 rings (SSSR count). The lowest BCUT2D eigenvalue weighted by Crippen LogP contribution is -2.40. The molecular formula is C25H28FN3O3. The summed E-state index contributed by atoms with van der Waals surface area (Å²) in [4.78, 5) is 39.1. The summed E-state index contributed by atoms with van der Waals surface area (Å²) in [6.07, 6.45) is 7.38. The van der Waals surface area contributed by atoms with Crippen LogP contribution in [0.5, 0.6) is 0 Å². The van der Waals surface area contributed by atoms with Crippen LogP contribution in [0.25, 0.3) is 0 Å². The highest BCUT2D eigenvalue weighted by Gasteiger charge is 2.37. The monoisotopic (exact) mass is 437 g/mol. The van der Waals surface area contributed by atoms with Gasteiger partial charge in [0.25, 0.3) is 11.5 Å². The number of rotatable bonds is 5. The maximum absolute atomic E-state index is 14.6. The lowest BCUT2D eigenvalue weighted by molar-refractivity contribution is -0.125. The molecule has 1 amide bonds. The molecule has 1 saturated heterocycles. The van der Waals surface area contributed by atoms with Crippen LogP contribution in [0.15, 0.2) is 23.0 Å². The summed E-state index contributed by atoms with van der Waals surface area (Å²) >= 11 is 0. The molecule has 1 aliphatic heterocycles. The van der Waals surface area contributed by atoms with Crippen LogP contribution in [-0.4, -0.2) is 39.9 Å². The van der Waals surface area contributed by atoms with E-state index in [2.05, 4.69) is 10.2 Å². The van der Waals surface area contributed by atoms with Crippen molar-refractivity contribution >= 4 is 11.7 Å². The van der Waals surface area contributed by atoms with Crippen molar-refractivity contribution in [1.82, 2.24) is 15.1 Å². The third-order valence-electron chi connectivity index (χ3n) is 7.18. The van der Waals surface area contributed by atoms with Gasteiger partial charge in [0.05, 0.1) is 11.3 Å². The molecule has 1 aromatic carbocycles. The van der Waals surface area contributed by atoms with Crippen LogP contribution in [0.2, 0.25) is 0 Å². The van der Waals surface area contributed by atoms with E-state index in [1.54, 1.807) is 17.0 Å². The van der Waals surface area contributed by atoms with Gasteiger partial charge in [0.2, 0.25) is 0 Å². The van der Waals surface area contributed by atoms with Gasteiger partial charge in [0.15, 0.2) is 0 Å². The highest BCUT2D eigenvalue weighted by molar-refractivity contribution is 5.95. The second-order valence-electron chi connectivity index (χ2n) is 9.40. The fraction of sp³-hybridized carbons (Fsp3) is 0.520. The van der Waals surface area contributed by atoms with Crippen molar-refractivity contribution < 1.29 is 14.0 Å². The number of aromatic nitrogens is 2. The number of amides is 1. The van der Waals surface area contributed by atoms with Crippen molar-refractivity contribution in [1.29, 1.82) is 0 Å². The van der Waals surface area contributed by atoms with E-state index >= 15 is 0 Å². The van der Waals surface area contributed by atoms with Crippen LogP contribution in [0.1, 0.15) is 71.3 Å². The average Bonchev–Trinajstić information content (AvgIpc) is 3.67. The van der Waals surface area contributed by atoms with Crippen molar-refractivity contribution in [3.8, 4) is 0 Å². The average molecular weight is 438 g/mol. The molecule has 168 valence electrons. The predicted octanol–water partition coefficient (Wildman–Crippen LogP) is 3.21. The maximum Gasteiger partial charge on any atom is 0.267 e. The Morgan fingerprint density at radius 3 is 2.44 bits per heavy atom. The molecule has 0 unspecified atom stereocenters. The lowest BCUT2D eigenvalue weighted by atomic mass is 9.89. The Morgan fingerprint density at radius 1 is 1.03 bits per heavy atom. The molecule has 7 heteroatoms. The number of halogens is 1. The lowest BCUT2D eigenvalue weighted by Gasteiger charge is -2.31. The summed E-state index contributed by atoms with van der Waals surface area (Å²) in [6, 6.07) is 4.62. The summed E-state index contributed by atoms with van der Waals surface area (Å²) in [5, 5.41) is 6.85. The quantitative estimate of drug-likeness (QED) is 0.779. The van der Waals surface area contributed by atoms with Gasteiger partial charge in [-0.25, -0.2) is 9.49 Å². The van der Waals surface area contributed by atoms with Crippen molar-refractivity contribution in [3.05, 3.63) is 62.3 Å². The number of H-pyrrole nitrogens is 1. The largest absolute Gasteiger partial charge is 0.339 e. The minimum Gasteiger partial charge on any atom is -0.339 e. The van der Waals surface area contributed by atoms with E-state index in [1.165, 1.54) is 6.07 Å². The van der Waals surface area contributed by atoms with E-state index < -0.39 is 5.82 Å². The number of hydrogen-bond acceptors (Lipinski definition) is 4. The summed E-state index contributed by atoms with van der Waals surface area (Å²) in [5.41, 5.74) is 3.34. The number of Topliss-reactive ketones (excluding diaryl/α,β-unsaturated/α-hetero) is 1. The Balaban J connectivity index is 1.32. The van der Waals surface area contributed by atoms with E-state index in [0.29, 0.717) is 38.1 Å². The number of nitrogens with one attached hydrogen (secondary N) is 1. The molecule has 0 atom stereocenters. The Bertz CT molecular complexity index is 1110. The minimum atomic E-state index is -0.536. The zero-order valence-electron chi connectivity index (χ0n) is 18.2. The molecule has 0 bridgehead atoms. The summed E-state index contributed by atoms with van der Waals surface area (Å²) in [5.74, 6) is -0.226. The summed E-state index contributed by atoms with van der Waals surface area (Å²) < 4.78 is 14.6. The molecule has 0 radical (unpaired) electrons. The van der Waals surface area contributed by atoms with Gasteiger partial charge in [0.1, 0.15) is 11.6 Å². The number of ketones is 1. The molecule has 1 saturated carbocycles. The maximum atomic E-state index is 14.6. The molecule has 2 aromatic rings. The van der Waals surface area contributed by atoms with Crippen LogP contribution in [-0.2, 0) is 24.1 Å². The number of carbonyl (C=O) groups is 2. The number of likely N-dealkylation sites (tertiary alicyclic amines) is 1. The normalized spacial score (nSPS) is 19.0. The highest BCUT2D eigenvalue weighted by Crippen LogP contribution is 2.35. The molecule has 1 aromatic heterocycles. The first-order valence-corrected chi connectivity index (χ1v) is 11.7. The van der Waals surface area contributed by atoms with Gasteiger partial charge in [-0.1, -0.05) is 6.07 Å². The van der Waals surface area contributed by atoms with E-state index in [9.17, 15) is 18.8 Å².